The minimum absolute atomic E-state index is 0.252. The Kier molecular flexibility index (Phi) is 5.49. The van der Waals surface area contributed by atoms with Crippen LogP contribution in [0.15, 0.2) is 55.0 Å². The molecule has 1 saturated heterocycles. The quantitative estimate of drug-likeness (QED) is 0.414. The molecule has 164 valence electrons. The standard InChI is InChI=1S/C25H27FN6/c1-16(2)19-14-29-21(17-3-5-18(26)6-4-17)13-22(19)31-20-7-8-28-25-24(20)23(15-30-25)32-11-9-27-10-12-32/h3-8,13-16,27H,9-12H2,1-2H3,(H2,28,29,30,31). The number of nitrogens with one attached hydrogen (secondary N) is 3. The molecule has 1 fully saturated rings. The summed E-state index contributed by atoms with van der Waals surface area (Å²) in [7, 11) is 0. The lowest BCUT2D eigenvalue weighted by molar-refractivity contribution is 0.590. The Labute approximate surface area is 186 Å². The summed E-state index contributed by atoms with van der Waals surface area (Å²) >= 11 is 0. The minimum atomic E-state index is -0.252. The second-order valence-electron chi connectivity index (χ2n) is 8.44. The molecule has 0 unspecified atom stereocenters. The third-order valence-electron chi connectivity index (χ3n) is 5.98. The van der Waals surface area contributed by atoms with E-state index in [1.807, 2.05) is 30.7 Å². The van der Waals surface area contributed by atoms with Crippen LogP contribution in [-0.4, -0.2) is 41.1 Å². The summed E-state index contributed by atoms with van der Waals surface area (Å²) in [6.07, 6.45) is 5.78. The highest BCUT2D eigenvalue weighted by atomic mass is 19.1. The number of H-pyrrole nitrogens is 1. The van der Waals surface area contributed by atoms with E-state index in [0.717, 1.165) is 71.1 Å². The summed E-state index contributed by atoms with van der Waals surface area (Å²) in [5, 5.41) is 8.17. The lowest BCUT2D eigenvalue weighted by Gasteiger charge is -2.29. The van der Waals surface area contributed by atoms with Gasteiger partial charge in [0.05, 0.1) is 22.5 Å². The normalized spacial score (nSPS) is 14.3. The van der Waals surface area contributed by atoms with Crippen LogP contribution in [0.1, 0.15) is 25.3 Å². The smallest absolute Gasteiger partial charge is 0.141 e. The van der Waals surface area contributed by atoms with E-state index in [4.69, 9.17) is 0 Å². The van der Waals surface area contributed by atoms with Crippen LogP contribution >= 0.6 is 0 Å². The highest BCUT2D eigenvalue weighted by Gasteiger charge is 2.19. The molecule has 0 amide bonds. The molecule has 0 bridgehead atoms. The Hall–Kier alpha value is -3.45. The van der Waals surface area contributed by atoms with E-state index < -0.39 is 0 Å². The van der Waals surface area contributed by atoms with E-state index in [2.05, 4.69) is 44.3 Å². The lowest BCUT2D eigenvalue weighted by atomic mass is 10.0. The van der Waals surface area contributed by atoms with Crippen molar-refractivity contribution in [1.29, 1.82) is 0 Å². The first-order chi connectivity index (χ1) is 15.6. The largest absolute Gasteiger partial charge is 0.367 e. The van der Waals surface area contributed by atoms with Crippen LogP contribution in [0.4, 0.5) is 21.5 Å². The van der Waals surface area contributed by atoms with Crippen molar-refractivity contribution < 1.29 is 4.39 Å². The van der Waals surface area contributed by atoms with Crippen LogP contribution in [0.5, 0.6) is 0 Å². The van der Waals surface area contributed by atoms with Crippen LogP contribution in [0, 0.1) is 5.82 Å². The number of rotatable bonds is 5. The van der Waals surface area contributed by atoms with Crippen LogP contribution in [0.2, 0.25) is 0 Å². The van der Waals surface area contributed by atoms with E-state index in [-0.39, 0.29) is 5.82 Å². The van der Waals surface area contributed by atoms with Crippen LogP contribution in [0.3, 0.4) is 0 Å². The van der Waals surface area contributed by atoms with Gasteiger partial charge < -0.3 is 20.5 Å². The number of piperazine rings is 1. The fourth-order valence-corrected chi connectivity index (χ4v) is 4.26. The van der Waals surface area contributed by atoms with E-state index in [1.165, 1.54) is 12.1 Å². The topological polar surface area (TPSA) is 68.9 Å². The Morgan fingerprint density at radius 1 is 1.03 bits per heavy atom. The van der Waals surface area contributed by atoms with Gasteiger partial charge in [0, 0.05) is 56.0 Å². The van der Waals surface area contributed by atoms with Crippen molar-refractivity contribution in [3.63, 3.8) is 0 Å². The Morgan fingerprint density at radius 2 is 1.81 bits per heavy atom. The minimum Gasteiger partial charge on any atom is -0.367 e. The summed E-state index contributed by atoms with van der Waals surface area (Å²) in [4.78, 5) is 14.9. The maximum atomic E-state index is 13.4. The average Bonchev–Trinajstić information content (AvgIpc) is 3.25. The van der Waals surface area contributed by atoms with Crippen molar-refractivity contribution in [2.75, 3.05) is 36.4 Å². The fraction of sp³-hybridized carbons (Fsp3) is 0.280. The third-order valence-corrected chi connectivity index (χ3v) is 5.98. The zero-order valence-corrected chi connectivity index (χ0v) is 18.3. The van der Waals surface area contributed by atoms with E-state index in [0.29, 0.717) is 5.92 Å². The summed E-state index contributed by atoms with van der Waals surface area (Å²) < 4.78 is 13.4. The van der Waals surface area contributed by atoms with Gasteiger partial charge in [-0.05, 0) is 47.9 Å². The van der Waals surface area contributed by atoms with Gasteiger partial charge in [-0.2, -0.15) is 0 Å². The highest BCUT2D eigenvalue weighted by molar-refractivity contribution is 6.02. The molecule has 6 nitrogen and oxygen atoms in total. The molecule has 1 aliphatic rings. The predicted octanol–water partition coefficient (Wildman–Crippen LogP) is 5.04. The van der Waals surface area contributed by atoms with Gasteiger partial charge in [-0.3, -0.25) is 4.98 Å². The molecule has 32 heavy (non-hydrogen) atoms. The van der Waals surface area contributed by atoms with Crippen molar-refractivity contribution in [3.05, 3.63) is 66.4 Å². The van der Waals surface area contributed by atoms with Crippen molar-refractivity contribution in [1.82, 2.24) is 20.3 Å². The van der Waals surface area contributed by atoms with Crippen molar-refractivity contribution >= 4 is 28.1 Å². The second kappa shape index (κ2) is 8.59. The zero-order valence-electron chi connectivity index (χ0n) is 18.3. The molecule has 1 aliphatic heterocycles. The van der Waals surface area contributed by atoms with Gasteiger partial charge in [-0.25, -0.2) is 9.37 Å². The molecule has 7 heteroatoms. The lowest BCUT2D eigenvalue weighted by Crippen LogP contribution is -2.43. The molecule has 5 rings (SSSR count). The number of nitrogens with zero attached hydrogens (tertiary/aromatic N) is 3. The van der Waals surface area contributed by atoms with Crippen LogP contribution in [0.25, 0.3) is 22.3 Å². The molecule has 4 heterocycles. The molecule has 0 atom stereocenters. The van der Waals surface area contributed by atoms with Crippen molar-refractivity contribution in [3.8, 4) is 11.3 Å². The Morgan fingerprint density at radius 3 is 2.56 bits per heavy atom. The number of halogens is 1. The van der Waals surface area contributed by atoms with Gasteiger partial charge in [-0.15, -0.1) is 0 Å². The van der Waals surface area contributed by atoms with Gasteiger partial charge in [0.1, 0.15) is 11.5 Å². The van der Waals surface area contributed by atoms with Gasteiger partial charge in [-0.1, -0.05) is 13.8 Å². The Balaban J connectivity index is 1.57. The maximum absolute atomic E-state index is 13.4. The average molecular weight is 431 g/mol. The molecule has 1 aromatic carbocycles. The summed E-state index contributed by atoms with van der Waals surface area (Å²) in [5.41, 5.74) is 6.84. The van der Waals surface area contributed by atoms with E-state index >= 15 is 0 Å². The number of pyridine rings is 2. The summed E-state index contributed by atoms with van der Waals surface area (Å²) in [5.74, 6) is 0.0430. The first-order valence-electron chi connectivity index (χ1n) is 11.0. The second-order valence-corrected chi connectivity index (χ2v) is 8.44. The molecular weight excluding hydrogens is 403 g/mol. The van der Waals surface area contributed by atoms with Gasteiger partial charge in [0.2, 0.25) is 0 Å². The molecule has 3 aromatic heterocycles. The summed E-state index contributed by atoms with van der Waals surface area (Å²) in [6, 6.07) is 10.5. The predicted molar refractivity (Wildman–Crippen MR) is 128 cm³/mol. The number of hydrogen-bond donors (Lipinski definition) is 3. The van der Waals surface area contributed by atoms with Gasteiger partial charge >= 0.3 is 0 Å². The number of aromatic amines is 1. The third kappa shape index (κ3) is 3.91. The number of anilines is 3. The fourth-order valence-electron chi connectivity index (χ4n) is 4.26. The van der Waals surface area contributed by atoms with Crippen molar-refractivity contribution in [2.45, 2.75) is 19.8 Å². The van der Waals surface area contributed by atoms with Crippen LogP contribution < -0.4 is 15.5 Å². The SMILES string of the molecule is CC(C)c1cnc(-c2ccc(F)cc2)cc1Nc1ccnc2[nH]cc(N3CCNCC3)c12. The van der Waals surface area contributed by atoms with Gasteiger partial charge in [0.25, 0.3) is 0 Å². The first-order valence-corrected chi connectivity index (χ1v) is 11.0. The van der Waals surface area contributed by atoms with E-state index in [9.17, 15) is 4.39 Å². The number of fused-ring (bicyclic) bond motifs is 1. The zero-order chi connectivity index (χ0) is 22.1. The first kappa shape index (κ1) is 20.5. The molecule has 3 N–H and O–H groups in total. The molecular formula is C25H27FN6. The molecule has 0 aliphatic carbocycles. The maximum Gasteiger partial charge on any atom is 0.141 e. The monoisotopic (exact) mass is 430 g/mol. The number of benzene rings is 1. The van der Waals surface area contributed by atoms with Crippen molar-refractivity contribution in [2.24, 2.45) is 0 Å². The van der Waals surface area contributed by atoms with E-state index in [1.54, 1.807) is 12.1 Å². The molecule has 4 aromatic rings. The summed E-state index contributed by atoms with van der Waals surface area (Å²) in [6.45, 7) is 8.18. The number of hydrogen-bond acceptors (Lipinski definition) is 5. The van der Waals surface area contributed by atoms with Gasteiger partial charge in [0.15, 0.2) is 0 Å². The molecule has 0 saturated carbocycles. The molecule has 0 radical (unpaired) electrons. The van der Waals surface area contributed by atoms with Crippen LogP contribution in [-0.2, 0) is 0 Å². The number of aromatic nitrogens is 3. The Bertz CT molecular complexity index is 1230. The highest BCUT2D eigenvalue weighted by Crippen LogP contribution is 2.36. The molecule has 0 spiro atoms.